The van der Waals surface area contributed by atoms with Crippen molar-refractivity contribution in [2.75, 3.05) is 6.61 Å². The van der Waals surface area contributed by atoms with Crippen LogP contribution in [-0.4, -0.2) is 12.5 Å². The van der Waals surface area contributed by atoms with Gasteiger partial charge in [0.15, 0.2) is 11.5 Å². The standard InChI is InChI=1S/C27H24I2N2O3/c1-3-33-25-15-20(14-24(29)26(25)34-17-19-9-11-23(28)12-10-19)13-22(16-30)27(32)31-18(2)21-7-5-4-6-8-21/h4-15,18H,3,17H2,1-2H3,(H,31,32)/b22-13-/t18-/m0/s1. The van der Waals surface area contributed by atoms with Crippen molar-refractivity contribution in [3.05, 3.63) is 96.1 Å². The Labute approximate surface area is 227 Å². The van der Waals surface area contributed by atoms with Crippen molar-refractivity contribution in [2.24, 2.45) is 0 Å². The van der Waals surface area contributed by atoms with Crippen molar-refractivity contribution < 1.29 is 14.3 Å². The van der Waals surface area contributed by atoms with Crippen LogP contribution in [0.25, 0.3) is 6.08 Å². The number of benzene rings is 3. The van der Waals surface area contributed by atoms with E-state index in [1.54, 1.807) is 12.1 Å². The zero-order chi connectivity index (χ0) is 24.5. The van der Waals surface area contributed by atoms with Crippen LogP contribution in [0.5, 0.6) is 11.5 Å². The number of carbonyl (C=O) groups is 1. The number of rotatable bonds is 9. The Balaban J connectivity index is 1.81. The molecule has 3 rings (SSSR count). The summed E-state index contributed by atoms with van der Waals surface area (Å²) in [5, 5.41) is 12.5. The monoisotopic (exact) mass is 678 g/mol. The number of ether oxygens (including phenoxy) is 2. The lowest BCUT2D eigenvalue weighted by atomic mass is 10.1. The summed E-state index contributed by atoms with van der Waals surface area (Å²) in [6.45, 7) is 4.66. The number of carbonyl (C=O) groups excluding carboxylic acids is 1. The molecular formula is C27H24I2N2O3. The van der Waals surface area contributed by atoms with E-state index in [4.69, 9.17) is 9.47 Å². The summed E-state index contributed by atoms with van der Waals surface area (Å²) in [5.41, 5.74) is 2.73. The molecule has 0 fully saturated rings. The lowest BCUT2D eigenvalue weighted by Crippen LogP contribution is -2.27. The van der Waals surface area contributed by atoms with Gasteiger partial charge in [0.1, 0.15) is 18.2 Å². The van der Waals surface area contributed by atoms with Gasteiger partial charge in [0.2, 0.25) is 0 Å². The molecule has 0 aromatic heterocycles. The molecule has 1 N–H and O–H groups in total. The maximum absolute atomic E-state index is 12.7. The van der Waals surface area contributed by atoms with E-state index >= 15 is 0 Å². The smallest absolute Gasteiger partial charge is 0.262 e. The van der Waals surface area contributed by atoms with Crippen LogP contribution in [0.2, 0.25) is 0 Å². The summed E-state index contributed by atoms with van der Waals surface area (Å²) in [5.74, 6) is 0.783. The lowest BCUT2D eigenvalue weighted by molar-refractivity contribution is -0.117. The van der Waals surface area contributed by atoms with Crippen molar-refractivity contribution in [3.8, 4) is 17.6 Å². The molecule has 0 aliphatic carbocycles. The highest BCUT2D eigenvalue weighted by molar-refractivity contribution is 14.1. The molecule has 0 saturated heterocycles. The van der Waals surface area contributed by atoms with Gasteiger partial charge in [-0.15, -0.1) is 0 Å². The molecule has 7 heteroatoms. The average molecular weight is 678 g/mol. The summed E-state index contributed by atoms with van der Waals surface area (Å²) in [7, 11) is 0. The molecule has 5 nitrogen and oxygen atoms in total. The second-order valence-corrected chi connectivity index (χ2v) is 9.86. The molecule has 0 bridgehead atoms. The van der Waals surface area contributed by atoms with E-state index in [-0.39, 0.29) is 11.6 Å². The fraction of sp³-hybridized carbons (Fsp3) is 0.185. The second-order valence-electron chi connectivity index (χ2n) is 7.45. The minimum atomic E-state index is -0.425. The molecule has 1 amide bonds. The van der Waals surface area contributed by atoms with Crippen molar-refractivity contribution in [1.82, 2.24) is 5.32 Å². The number of nitrogens with zero attached hydrogens (tertiary/aromatic N) is 1. The van der Waals surface area contributed by atoms with Crippen LogP contribution in [0.1, 0.15) is 36.6 Å². The number of nitriles is 1. The predicted octanol–water partition coefficient (Wildman–Crippen LogP) is 6.66. The third-order valence-corrected chi connectivity index (χ3v) is 6.47. The molecule has 0 unspecified atom stereocenters. The highest BCUT2D eigenvalue weighted by atomic mass is 127. The van der Waals surface area contributed by atoms with E-state index in [1.807, 2.05) is 80.6 Å². The molecule has 0 radical (unpaired) electrons. The van der Waals surface area contributed by atoms with Gasteiger partial charge in [0.25, 0.3) is 5.91 Å². The van der Waals surface area contributed by atoms with Gasteiger partial charge in [-0.2, -0.15) is 5.26 Å². The van der Waals surface area contributed by atoms with E-state index in [0.29, 0.717) is 30.3 Å². The Morgan fingerprint density at radius 3 is 2.44 bits per heavy atom. The molecule has 0 aliphatic heterocycles. The van der Waals surface area contributed by atoms with Crippen molar-refractivity contribution in [3.63, 3.8) is 0 Å². The van der Waals surface area contributed by atoms with Crippen molar-refractivity contribution in [1.29, 1.82) is 5.26 Å². The number of amides is 1. The van der Waals surface area contributed by atoms with Crippen LogP contribution in [0.4, 0.5) is 0 Å². The Hall–Kier alpha value is -2.58. The Kier molecular flexibility index (Phi) is 9.77. The number of hydrogen-bond donors (Lipinski definition) is 1. The van der Waals surface area contributed by atoms with Crippen LogP contribution in [0.3, 0.4) is 0 Å². The van der Waals surface area contributed by atoms with Crippen LogP contribution in [-0.2, 0) is 11.4 Å². The largest absolute Gasteiger partial charge is 0.490 e. The first kappa shape index (κ1) is 26.0. The maximum Gasteiger partial charge on any atom is 0.262 e. The van der Waals surface area contributed by atoms with Gasteiger partial charge in [-0.25, -0.2) is 0 Å². The first-order valence-corrected chi connectivity index (χ1v) is 12.9. The first-order chi connectivity index (χ1) is 16.4. The molecule has 174 valence electrons. The van der Waals surface area contributed by atoms with Crippen LogP contribution < -0.4 is 14.8 Å². The third-order valence-electron chi connectivity index (χ3n) is 4.95. The van der Waals surface area contributed by atoms with Crippen LogP contribution >= 0.6 is 45.2 Å². The highest BCUT2D eigenvalue weighted by Crippen LogP contribution is 2.35. The molecular weight excluding hydrogens is 654 g/mol. The normalized spacial score (nSPS) is 11.9. The van der Waals surface area contributed by atoms with E-state index in [0.717, 1.165) is 18.3 Å². The van der Waals surface area contributed by atoms with Crippen LogP contribution in [0, 0.1) is 18.5 Å². The Bertz CT molecular complexity index is 1200. The number of halogens is 2. The minimum Gasteiger partial charge on any atom is -0.490 e. The fourth-order valence-corrected chi connectivity index (χ4v) is 4.37. The molecule has 0 saturated carbocycles. The Morgan fingerprint density at radius 1 is 1.09 bits per heavy atom. The summed E-state index contributed by atoms with van der Waals surface area (Å²) in [4.78, 5) is 12.7. The third kappa shape index (κ3) is 7.21. The van der Waals surface area contributed by atoms with Gasteiger partial charge in [-0.3, -0.25) is 4.79 Å². The zero-order valence-electron chi connectivity index (χ0n) is 18.8. The first-order valence-electron chi connectivity index (χ1n) is 10.7. The van der Waals surface area contributed by atoms with Crippen molar-refractivity contribution >= 4 is 57.2 Å². The van der Waals surface area contributed by atoms with E-state index in [2.05, 4.69) is 50.5 Å². The summed E-state index contributed by atoms with van der Waals surface area (Å²) >= 11 is 4.45. The molecule has 0 heterocycles. The Morgan fingerprint density at radius 2 is 1.79 bits per heavy atom. The highest BCUT2D eigenvalue weighted by Gasteiger charge is 2.16. The van der Waals surface area contributed by atoms with Gasteiger partial charge in [0.05, 0.1) is 16.2 Å². The van der Waals surface area contributed by atoms with E-state index < -0.39 is 5.91 Å². The van der Waals surface area contributed by atoms with Gasteiger partial charge >= 0.3 is 0 Å². The minimum absolute atomic E-state index is 0.0218. The van der Waals surface area contributed by atoms with E-state index in [9.17, 15) is 10.1 Å². The molecule has 3 aromatic rings. The van der Waals surface area contributed by atoms with Crippen molar-refractivity contribution in [2.45, 2.75) is 26.5 Å². The average Bonchev–Trinajstić information content (AvgIpc) is 2.83. The van der Waals surface area contributed by atoms with Gasteiger partial charge < -0.3 is 14.8 Å². The topological polar surface area (TPSA) is 71.3 Å². The molecule has 3 aromatic carbocycles. The summed E-state index contributed by atoms with van der Waals surface area (Å²) in [6.07, 6.45) is 1.57. The predicted molar refractivity (Wildman–Crippen MR) is 150 cm³/mol. The SMILES string of the molecule is CCOc1cc(/C=C(/C#N)C(=O)N[C@@H](C)c2ccccc2)cc(I)c1OCc1ccc(I)cc1. The maximum atomic E-state index is 12.7. The number of hydrogen-bond acceptors (Lipinski definition) is 4. The second kappa shape index (κ2) is 12.8. The summed E-state index contributed by atoms with van der Waals surface area (Å²) in [6, 6.07) is 23.2. The lowest BCUT2D eigenvalue weighted by Gasteiger charge is -2.16. The van der Waals surface area contributed by atoms with Gasteiger partial charge in [-0.05, 0) is 106 Å². The fourth-order valence-electron chi connectivity index (χ4n) is 3.23. The quantitative estimate of drug-likeness (QED) is 0.156. The molecule has 1 atom stereocenters. The van der Waals surface area contributed by atoms with E-state index in [1.165, 1.54) is 0 Å². The summed E-state index contributed by atoms with van der Waals surface area (Å²) < 4.78 is 13.9. The molecule has 34 heavy (non-hydrogen) atoms. The van der Waals surface area contributed by atoms with Gasteiger partial charge in [-0.1, -0.05) is 42.5 Å². The molecule has 0 aliphatic rings. The number of nitrogens with one attached hydrogen (secondary N) is 1. The zero-order valence-corrected chi connectivity index (χ0v) is 23.2. The molecule has 0 spiro atoms. The van der Waals surface area contributed by atoms with Gasteiger partial charge in [0, 0.05) is 3.57 Å². The van der Waals surface area contributed by atoms with Crippen LogP contribution in [0.15, 0.2) is 72.3 Å².